The van der Waals surface area contributed by atoms with E-state index in [0.29, 0.717) is 12.5 Å². The van der Waals surface area contributed by atoms with Gasteiger partial charge in [-0.3, -0.25) is 9.89 Å². The van der Waals surface area contributed by atoms with Crippen LogP contribution in [-0.4, -0.2) is 45.6 Å². The van der Waals surface area contributed by atoms with Crippen LogP contribution >= 0.6 is 0 Å². The standard InChI is InChI=1S/C9H15N5O/c1-14(7(4-10)6-2-3-6)9(15)8-11-5-12-13-8/h5-7H,2-4,10H2,1H3,(H,11,12,13). The third-order valence-electron chi connectivity index (χ3n) is 2.84. The summed E-state index contributed by atoms with van der Waals surface area (Å²) in [5.74, 6) is 0.693. The summed E-state index contributed by atoms with van der Waals surface area (Å²) in [6, 6.07) is 0.127. The second-order valence-electron chi connectivity index (χ2n) is 3.89. The Kier molecular flexibility index (Phi) is 2.68. The van der Waals surface area contributed by atoms with Gasteiger partial charge in [-0.15, -0.1) is 0 Å². The molecule has 1 atom stereocenters. The lowest BCUT2D eigenvalue weighted by Gasteiger charge is -2.26. The third-order valence-corrected chi connectivity index (χ3v) is 2.84. The maximum atomic E-state index is 11.9. The molecule has 0 radical (unpaired) electrons. The van der Waals surface area contributed by atoms with Gasteiger partial charge in [0.05, 0.1) is 0 Å². The topological polar surface area (TPSA) is 87.9 Å². The molecule has 0 aromatic carbocycles. The SMILES string of the molecule is CN(C(=O)c1ncn[nH]1)C(CN)C1CC1. The summed E-state index contributed by atoms with van der Waals surface area (Å²) < 4.78 is 0. The Morgan fingerprint density at radius 3 is 3.00 bits per heavy atom. The normalized spacial score (nSPS) is 17.5. The van der Waals surface area contributed by atoms with Crippen molar-refractivity contribution in [2.45, 2.75) is 18.9 Å². The van der Waals surface area contributed by atoms with Gasteiger partial charge in [0, 0.05) is 19.6 Å². The van der Waals surface area contributed by atoms with E-state index in [1.165, 1.54) is 6.33 Å². The van der Waals surface area contributed by atoms with Gasteiger partial charge in [-0.05, 0) is 18.8 Å². The minimum absolute atomic E-state index is 0.127. The van der Waals surface area contributed by atoms with Gasteiger partial charge in [-0.2, -0.15) is 5.10 Å². The van der Waals surface area contributed by atoms with Crippen molar-refractivity contribution in [2.75, 3.05) is 13.6 Å². The van der Waals surface area contributed by atoms with E-state index in [-0.39, 0.29) is 17.8 Å². The summed E-state index contributed by atoms with van der Waals surface area (Å²) in [5.41, 5.74) is 5.67. The first kappa shape index (κ1) is 10.1. The quantitative estimate of drug-likeness (QED) is 0.707. The van der Waals surface area contributed by atoms with Crippen LogP contribution in [0.1, 0.15) is 23.5 Å². The molecule has 15 heavy (non-hydrogen) atoms. The van der Waals surface area contributed by atoms with Crippen molar-refractivity contribution < 1.29 is 4.79 Å². The number of aromatic nitrogens is 3. The lowest BCUT2D eigenvalue weighted by Crippen LogP contribution is -2.43. The molecule has 1 aliphatic carbocycles. The van der Waals surface area contributed by atoms with E-state index in [2.05, 4.69) is 15.2 Å². The van der Waals surface area contributed by atoms with Crippen LogP contribution in [0.4, 0.5) is 0 Å². The number of nitrogens with two attached hydrogens (primary N) is 1. The number of amides is 1. The van der Waals surface area contributed by atoms with Crippen LogP contribution in [0.2, 0.25) is 0 Å². The van der Waals surface area contributed by atoms with Crippen molar-refractivity contribution >= 4 is 5.91 Å². The Hall–Kier alpha value is -1.43. The Balaban J connectivity index is 2.05. The molecule has 1 heterocycles. The molecule has 1 unspecified atom stereocenters. The first-order valence-electron chi connectivity index (χ1n) is 5.06. The highest BCUT2D eigenvalue weighted by atomic mass is 16.2. The number of carbonyl (C=O) groups excluding carboxylic acids is 1. The van der Waals surface area contributed by atoms with E-state index in [9.17, 15) is 4.79 Å². The Labute approximate surface area is 87.9 Å². The average Bonchev–Trinajstić information content (AvgIpc) is 2.93. The van der Waals surface area contributed by atoms with Gasteiger partial charge in [0.1, 0.15) is 6.33 Å². The molecule has 3 N–H and O–H groups in total. The second kappa shape index (κ2) is 3.98. The van der Waals surface area contributed by atoms with Crippen LogP contribution in [0.5, 0.6) is 0 Å². The molecule has 1 aromatic heterocycles. The molecule has 1 aromatic rings. The van der Waals surface area contributed by atoms with Crippen LogP contribution in [-0.2, 0) is 0 Å². The lowest BCUT2D eigenvalue weighted by atomic mass is 10.1. The first-order valence-corrected chi connectivity index (χ1v) is 5.06. The van der Waals surface area contributed by atoms with Gasteiger partial charge in [-0.1, -0.05) is 0 Å². The van der Waals surface area contributed by atoms with Crippen molar-refractivity contribution in [3.8, 4) is 0 Å². The number of carbonyl (C=O) groups is 1. The molecule has 0 aliphatic heterocycles. The third kappa shape index (κ3) is 1.99. The monoisotopic (exact) mass is 209 g/mol. The summed E-state index contributed by atoms with van der Waals surface area (Å²) in [6.45, 7) is 0.501. The van der Waals surface area contributed by atoms with Crippen molar-refractivity contribution in [3.05, 3.63) is 12.2 Å². The number of hydrogen-bond acceptors (Lipinski definition) is 4. The van der Waals surface area contributed by atoms with Gasteiger partial charge in [-0.25, -0.2) is 4.98 Å². The van der Waals surface area contributed by atoms with E-state index in [4.69, 9.17) is 5.73 Å². The molecule has 82 valence electrons. The zero-order valence-electron chi connectivity index (χ0n) is 8.68. The van der Waals surface area contributed by atoms with E-state index in [1.807, 2.05) is 0 Å². The molecule has 1 amide bonds. The smallest absolute Gasteiger partial charge is 0.291 e. The highest BCUT2D eigenvalue weighted by molar-refractivity contribution is 5.90. The van der Waals surface area contributed by atoms with E-state index >= 15 is 0 Å². The largest absolute Gasteiger partial charge is 0.334 e. The highest BCUT2D eigenvalue weighted by Gasteiger charge is 2.35. The number of H-pyrrole nitrogens is 1. The minimum Gasteiger partial charge on any atom is -0.334 e. The molecule has 0 saturated heterocycles. The van der Waals surface area contributed by atoms with Crippen LogP contribution in [0.25, 0.3) is 0 Å². The predicted molar refractivity (Wildman–Crippen MR) is 54.0 cm³/mol. The summed E-state index contributed by atoms with van der Waals surface area (Å²) in [7, 11) is 1.76. The van der Waals surface area contributed by atoms with Crippen molar-refractivity contribution in [1.29, 1.82) is 0 Å². The Bertz CT molecular complexity index is 332. The zero-order chi connectivity index (χ0) is 10.8. The van der Waals surface area contributed by atoms with E-state index < -0.39 is 0 Å². The fourth-order valence-electron chi connectivity index (χ4n) is 1.77. The Morgan fingerprint density at radius 2 is 2.53 bits per heavy atom. The summed E-state index contributed by atoms with van der Waals surface area (Å²) in [4.78, 5) is 17.4. The van der Waals surface area contributed by atoms with Gasteiger partial charge in [0.2, 0.25) is 5.82 Å². The molecule has 0 bridgehead atoms. The van der Waals surface area contributed by atoms with Gasteiger partial charge in [0.25, 0.3) is 5.91 Å². The van der Waals surface area contributed by atoms with Gasteiger partial charge < -0.3 is 10.6 Å². The second-order valence-corrected chi connectivity index (χ2v) is 3.89. The van der Waals surface area contributed by atoms with Gasteiger partial charge in [0.15, 0.2) is 0 Å². The first-order chi connectivity index (χ1) is 7.24. The van der Waals surface area contributed by atoms with Crippen LogP contribution < -0.4 is 5.73 Å². The number of hydrogen-bond donors (Lipinski definition) is 2. The molecule has 1 fully saturated rings. The summed E-state index contributed by atoms with van der Waals surface area (Å²) in [6.07, 6.45) is 3.65. The zero-order valence-corrected chi connectivity index (χ0v) is 8.68. The van der Waals surface area contributed by atoms with E-state index in [0.717, 1.165) is 12.8 Å². The molecular weight excluding hydrogens is 194 g/mol. The highest BCUT2D eigenvalue weighted by Crippen LogP contribution is 2.34. The van der Waals surface area contributed by atoms with Crippen LogP contribution in [0, 0.1) is 5.92 Å². The van der Waals surface area contributed by atoms with Crippen LogP contribution in [0.15, 0.2) is 6.33 Å². The Morgan fingerprint density at radius 1 is 1.80 bits per heavy atom. The van der Waals surface area contributed by atoms with Gasteiger partial charge >= 0.3 is 0 Å². The maximum Gasteiger partial charge on any atom is 0.291 e. The molecule has 6 heteroatoms. The predicted octanol–water partition coefficient (Wildman–Crippen LogP) is -0.386. The molecule has 1 aliphatic rings. The number of nitrogens with zero attached hydrogens (tertiary/aromatic N) is 3. The fraction of sp³-hybridized carbons (Fsp3) is 0.667. The maximum absolute atomic E-state index is 11.9. The molecule has 1 saturated carbocycles. The van der Waals surface area contributed by atoms with E-state index in [1.54, 1.807) is 11.9 Å². The minimum atomic E-state index is -0.144. The van der Waals surface area contributed by atoms with Crippen molar-refractivity contribution in [1.82, 2.24) is 20.1 Å². The van der Waals surface area contributed by atoms with Crippen molar-refractivity contribution in [2.24, 2.45) is 11.7 Å². The van der Waals surface area contributed by atoms with Crippen LogP contribution in [0.3, 0.4) is 0 Å². The summed E-state index contributed by atoms with van der Waals surface area (Å²) >= 11 is 0. The number of likely N-dealkylation sites (N-methyl/N-ethyl adjacent to an activating group) is 1. The lowest BCUT2D eigenvalue weighted by molar-refractivity contribution is 0.0706. The summed E-state index contributed by atoms with van der Waals surface area (Å²) in [5, 5.41) is 6.22. The molecule has 0 spiro atoms. The molecular formula is C9H15N5O. The number of aromatic amines is 1. The average molecular weight is 209 g/mol. The fourth-order valence-corrected chi connectivity index (χ4v) is 1.77. The van der Waals surface area contributed by atoms with Crippen molar-refractivity contribution in [3.63, 3.8) is 0 Å². The molecule has 2 rings (SSSR count). The number of nitrogens with one attached hydrogen (secondary N) is 1. The molecule has 6 nitrogen and oxygen atoms in total. The number of rotatable bonds is 4.